The van der Waals surface area contributed by atoms with E-state index in [2.05, 4.69) is 4.85 Å². The maximum atomic E-state index is 11.1. The fraction of sp³-hybridized carbons (Fsp3) is 0.385. The minimum Gasteiger partial charge on any atom is -0.300 e. The summed E-state index contributed by atoms with van der Waals surface area (Å²) in [5, 5.41) is 0. The first-order valence-electron chi connectivity index (χ1n) is 5.28. The predicted molar refractivity (Wildman–Crippen MR) is 58.9 cm³/mol. The SMILES string of the molecule is [C-]#[N+]c1ccc(C2CCC(=O)CC2)cc1. The van der Waals surface area contributed by atoms with E-state index in [-0.39, 0.29) is 0 Å². The Morgan fingerprint density at radius 1 is 1.13 bits per heavy atom. The summed E-state index contributed by atoms with van der Waals surface area (Å²) in [4.78, 5) is 14.5. The van der Waals surface area contributed by atoms with Gasteiger partial charge in [0.15, 0.2) is 5.69 Å². The van der Waals surface area contributed by atoms with Crippen LogP contribution < -0.4 is 0 Å². The molecular weight excluding hydrogens is 186 g/mol. The molecule has 0 atom stereocenters. The van der Waals surface area contributed by atoms with E-state index < -0.39 is 0 Å². The van der Waals surface area contributed by atoms with Crippen LogP contribution >= 0.6 is 0 Å². The van der Waals surface area contributed by atoms with Crippen molar-refractivity contribution in [3.05, 3.63) is 41.2 Å². The minimum atomic E-state index is 0.393. The largest absolute Gasteiger partial charge is 0.300 e. The van der Waals surface area contributed by atoms with Gasteiger partial charge in [0.25, 0.3) is 0 Å². The Hall–Kier alpha value is -1.62. The van der Waals surface area contributed by atoms with Gasteiger partial charge in [-0.05, 0) is 24.3 Å². The quantitative estimate of drug-likeness (QED) is 0.634. The molecule has 76 valence electrons. The van der Waals surface area contributed by atoms with Gasteiger partial charge in [0.1, 0.15) is 5.78 Å². The van der Waals surface area contributed by atoms with Crippen LogP contribution in [0.2, 0.25) is 0 Å². The Morgan fingerprint density at radius 3 is 2.27 bits per heavy atom. The third kappa shape index (κ3) is 2.24. The van der Waals surface area contributed by atoms with Crippen LogP contribution in [0.15, 0.2) is 24.3 Å². The number of carbonyl (C=O) groups is 1. The molecule has 1 aliphatic carbocycles. The monoisotopic (exact) mass is 199 g/mol. The molecule has 0 radical (unpaired) electrons. The summed E-state index contributed by atoms with van der Waals surface area (Å²) in [5.41, 5.74) is 1.96. The van der Waals surface area contributed by atoms with Gasteiger partial charge in [0, 0.05) is 12.8 Å². The molecule has 1 saturated carbocycles. The highest BCUT2D eigenvalue weighted by atomic mass is 16.1. The molecule has 0 amide bonds. The zero-order chi connectivity index (χ0) is 10.7. The fourth-order valence-corrected chi connectivity index (χ4v) is 2.09. The molecule has 1 fully saturated rings. The predicted octanol–water partition coefficient (Wildman–Crippen LogP) is 3.46. The van der Waals surface area contributed by atoms with Crippen LogP contribution in [0.25, 0.3) is 4.85 Å². The molecule has 1 aromatic rings. The van der Waals surface area contributed by atoms with E-state index in [1.165, 1.54) is 5.56 Å². The van der Waals surface area contributed by atoms with E-state index in [1.54, 1.807) is 0 Å². The Bertz CT molecular complexity index is 390. The first kappa shape index (κ1) is 9.92. The Kier molecular flexibility index (Phi) is 2.82. The normalized spacial score (nSPS) is 17.4. The van der Waals surface area contributed by atoms with Crippen molar-refractivity contribution in [1.82, 2.24) is 0 Å². The van der Waals surface area contributed by atoms with Crippen LogP contribution in [-0.2, 0) is 4.79 Å². The second kappa shape index (κ2) is 4.27. The van der Waals surface area contributed by atoms with Gasteiger partial charge >= 0.3 is 0 Å². The number of hydrogen-bond acceptors (Lipinski definition) is 1. The number of nitrogens with zero attached hydrogens (tertiary/aromatic N) is 1. The number of hydrogen-bond donors (Lipinski definition) is 0. The lowest BCUT2D eigenvalue weighted by molar-refractivity contribution is -0.120. The second-order valence-electron chi connectivity index (χ2n) is 4.02. The van der Waals surface area contributed by atoms with Gasteiger partial charge in [-0.2, -0.15) is 0 Å². The molecule has 0 N–H and O–H groups in total. The summed E-state index contributed by atoms with van der Waals surface area (Å²) in [7, 11) is 0. The summed E-state index contributed by atoms with van der Waals surface area (Å²) in [6.45, 7) is 6.87. The Labute approximate surface area is 89.7 Å². The maximum absolute atomic E-state index is 11.1. The third-order valence-electron chi connectivity index (χ3n) is 3.04. The second-order valence-corrected chi connectivity index (χ2v) is 4.02. The first-order valence-corrected chi connectivity index (χ1v) is 5.28. The van der Waals surface area contributed by atoms with Gasteiger partial charge in [0.05, 0.1) is 6.57 Å². The average molecular weight is 199 g/mol. The highest BCUT2D eigenvalue weighted by molar-refractivity contribution is 5.79. The molecule has 1 aromatic carbocycles. The van der Waals surface area contributed by atoms with Crippen molar-refractivity contribution in [3.8, 4) is 0 Å². The van der Waals surface area contributed by atoms with E-state index in [4.69, 9.17) is 6.57 Å². The van der Waals surface area contributed by atoms with Gasteiger partial charge in [-0.25, -0.2) is 4.85 Å². The van der Waals surface area contributed by atoms with Gasteiger partial charge in [-0.1, -0.05) is 24.3 Å². The molecule has 15 heavy (non-hydrogen) atoms. The van der Waals surface area contributed by atoms with Gasteiger partial charge < -0.3 is 0 Å². The smallest absolute Gasteiger partial charge is 0.187 e. The molecule has 2 heteroatoms. The summed E-state index contributed by atoms with van der Waals surface area (Å²) in [6, 6.07) is 7.76. The number of benzene rings is 1. The molecule has 1 aliphatic rings. The van der Waals surface area contributed by atoms with Crippen LogP contribution in [0.3, 0.4) is 0 Å². The van der Waals surface area contributed by atoms with E-state index in [9.17, 15) is 4.79 Å². The van der Waals surface area contributed by atoms with Crippen LogP contribution in [-0.4, -0.2) is 5.78 Å². The van der Waals surface area contributed by atoms with Gasteiger partial charge in [0.2, 0.25) is 0 Å². The van der Waals surface area contributed by atoms with E-state index in [1.807, 2.05) is 24.3 Å². The Balaban J connectivity index is 2.10. The number of rotatable bonds is 1. The zero-order valence-electron chi connectivity index (χ0n) is 8.57. The molecule has 0 saturated heterocycles. The molecule has 0 aliphatic heterocycles. The lowest BCUT2D eigenvalue weighted by Gasteiger charge is -2.21. The summed E-state index contributed by atoms with van der Waals surface area (Å²) in [6.07, 6.45) is 3.37. The van der Waals surface area contributed by atoms with E-state index in [0.717, 1.165) is 25.7 Å². The third-order valence-corrected chi connectivity index (χ3v) is 3.04. The van der Waals surface area contributed by atoms with Crippen molar-refractivity contribution >= 4 is 11.5 Å². The summed E-state index contributed by atoms with van der Waals surface area (Å²) >= 11 is 0. The lowest BCUT2D eigenvalue weighted by atomic mass is 9.83. The van der Waals surface area contributed by atoms with Crippen molar-refractivity contribution < 1.29 is 4.79 Å². The zero-order valence-corrected chi connectivity index (χ0v) is 8.57. The summed E-state index contributed by atoms with van der Waals surface area (Å²) in [5.74, 6) is 0.909. The van der Waals surface area contributed by atoms with Crippen LogP contribution in [0, 0.1) is 6.57 Å². The molecule has 0 bridgehead atoms. The van der Waals surface area contributed by atoms with Crippen molar-refractivity contribution in [2.24, 2.45) is 0 Å². The minimum absolute atomic E-state index is 0.393. The van der Waals surface area contributed by atoms with Crippen molar-refractivity contribution in [1.29, 1.82) is 0 Å². The Morgan fingerprint density at radius 2 is 1.73 bits per heavy atom. The maximum Gasteiger partial charge on any atom is 0.187 e. The first-order chi connectivity index (χ1) is 7.29. The number of carbonyl (C=O) groups excluding carboxylic acids is 1. The molecule has 2 nitrogen and oxygen atoms in total. The van der Waals surface area contributed by atoms with Crippen molar-refractivity contribution in [2.45, 2.75) is 31.6 Å². The molecular formula is C13H13NO. The average Bonchev–Trinajstić information content (AvgIpc) is 2.30. The molecule has 0 spiro atoms. The molecule has 0 unspecified atom stereocenters. The topological polar surface area (TPSA) is 21.4 Å². The highest BCUT2D eigenvalue weighted by Gasteiger charge is 2.19. The van der Waals surface area contributed by atoms with Crippen molar-refractivity contribution in [3.63, 3.8) is 0 Å². The molecule has 2 rings (SSSR count). The van der Waals surface area contributed by atoms with E-state index in [0.29, 0.717) is 17.4 Å². The van der Waals surface area contributed by atoms with Crippen molar-refractivity contribution in [2.75, 3.05) is 0 Å². The van der Waals surface area contributed by atoms with Crippen LogP contribution in [0.4, 0.5) is 5.69 Å². The molecule has 0 heterocycles. The summed E-state index contributed by atoms with van der Waals surface area (Å²) < 4.78 is 0. The molecule has 0 aromatic heterocycles. The van der Waals surface area contributed by atoms with Crippen LogP contribution in [0.1, 0.15) is 37.2 Å². The standard InChI is InChI=1S/C13H13NO/c1-14-12-6-2-10(3-7-12)11-4-8-13(15)9-5-11/h2-3,6-7,11H,4-5,8-9H2. The van der Waals surface area contributed by atoms with E-state index >= 15 is 0 Å². The number of ketones is 1. The fourth-order valence-electron chi connectivity index (χ4n) is 2.09. The number of Topliss-reactive ketones (excluding diaryl/α,β-unsaturated/α-hetero) is 1. The highest BCUT2D eigenvalue weighted by Crippen LogP contribution is 2.31. The van der Waals surface area contributed by atoms with Gasteiger partial charge in [-0.3, -0.25) is 4.79 Å². The lowest BCUT2D eigenvalue weighted by Crippen LogP contribution is -2.12. The van der Waals surface area contributed by atoms with Crippen LogP contribution in [0.5, 0.6) is 0 Å². The van der Waals surface area contributed by atoms with Gasteiger partial charge in [-0.15, -0.1) is 0 Å².